The van der Waals surface area contributed by atoms with Crippen LogP contribution in [0.2, 0.25) is 0 Å². The average molecular weight is 269 g/mol. The maximum Gasteiger partial charge on any atom is 0.336 e. The number of hydrogen-bond donors (Lipinski definition) is 1. The van der Waals surface area contributed by atoms with Crippen molar-refractivity contribution in [1.82, 2.24) is 0 Å². The summed E-state index contributed by atoms with van der Waals surface area (Å²) in [5, 5.41) is 20.0. The molecule has 0 fully saturated rings. The maximum absolute atomic E-state index is 11.3. The van der Waals surface area contributed by atoms with Gasteiger partial charge in [-0.25, -0.2) is 4.79 Å². The molecule has 1 N–H and O–H groups in total. The summed E-state index contributed by atoms with van der Waals surface area (Å²) in [7, 11) is 0. The topological polar surface area (TPSA) is 80.4 Å². The Morgan fingerprint density at radius 1 is 1.10 bits per heavy atom. The molecule has 5 heteroatoms. The first-order chi connectivity index (χ1) is 9.58. The van der Waals surface area contributed by atoms with Crippen molar-refractivity contribution >= 4 is 23.3 Å². The predicted molar refractivity (Wildman–Crippen MR) is 75.0 cm³/mol. The minimum atomic E-state index is -1.08. The quantitative estimate of drug-likeness (QED) is 0.400. The highest BCUT2D eigenvalue weighted by molar-refractivity contribution is 6.20. The van der Waals surface area contributed by atoms with Crippen LogP contribution in [0.1, 0.15) is 11.1 Å². The normalized spacial score (nSPS) is 11.1. The molecule has 2 aromatic carbocycles. The van der Waals surface area contributed by atoms with Crippen molar-refractivity contribution in [1.29, 1.82) is 0 Å². The van der Waals surface area contributed by atoms with Crippen LogP contribution in [0.5, 0.6) is 0 Å². The van der Waals surface area contributed by atoms with Gasteiger partial charge in [-0.05, 0) is 17.2 Å². The van der Waals surface area contributed by atoms with Crippen LogP contribution >= 0.6 is 0 Å². The number of non-ortho nitro benzene ring substituents is 1. The largest absolute Gasteiger partial charge is 0.478 e. The summed E-state index contributed by atoms with van der Waals surface area (Å²) < 4.78 is 0. The molecule has 0 atom stereocenters. The highest BCUT2D eigenvalue weighted by Gasteiger charge is 2.11. The lowest BCUT2D eigenvalue weighted by Gasteiger charge is -2.03. The fourth-order valence-corrected chi connectivity index (χ4v) is 1.78. The van der Waals surface area contributed by atoms with Crippen LogP contribution < -0.4 is 0 Å². The first-order valence-corrected chi connectivity index (χ1v) is 5.83. The third kappa shape index (κ3) is 3.08. The molecule has 0 aliphatic heterocycles. The number of carboxylic acid groups (broad SMARTS) is 1. The summed E-state index contributed by atoms with van der Waals surface area (Å²) in [4.78, 5) is 21.5. The van der Waals surface area contributed by atoms with E-state index >= 15 is 0 Å². The molecule has 0 heterocycles. The second-order valence-corrected chi connectivity index (χ2v) is 4.08. The fraction of sp³-hybridized carbons (Fsp3) is 0. The number of nitrogens with zero attached hydrogens (tertiary/aromatic N) is 1. The first-order valence-electron chi connectivity index (χ1n) is 5.83. The highest BCUT2D eigenvalue weighted by atomic mass is 16.6. The number of nitro groups is 1. The van der Waals surface area contributed by atoms with Gasteiger partial charge in [0, 0.05) is 12.1 Å². The van der Waals surface area contributed by atoms with Crippen molar-refractivity contribution in [2.45, 2.75) is 0 Å². The molecule has 0 saturated heterocycles. The van der Waals surface area contributed by atoms with E-state index in [9.17, 15) is 20.0 Å². The van der Waals surface area contributed by atoms with E-state index in [1.165, 1.54) is 24.3 Å². The van der Waals surface area contributed by atoms with Crippen LogP contribution in [0, 0.1) is 10.1 Å². The van der Waals surface area contributed by atoms with Gasteiger partial charge in [0.1, 0.15) is 0 Å². The van der Waals surface area contributed by atoms with E-state index in [4.69, 9.17) is 0 Å². The standard InChI is InChI=1S/C15H11NO4/c17-15(18)14(12-6-2-1-3-7-12)10-11-5-4-8-13(9-11)16(19)20/h1-10H,(H,17,18)/b14-10-. The highest BCUT2D eigenvalue weighted by Crippen LogP contribution is 2.21. The van der Waals surface area contributed by atoms with Crippen LogP contribution in [-0.2, 0) is 4.79 Å². The number of carboxylic acids is 1. The Bertz CT molecular complexity index is 677. The second kappa shape index (κ2) is 5.79. The zero-order valence-electron chi connectivity index (χ0n) is 10.4. The van der Waals surface area contributed by atoms with Crippen LogP contribution in [0.25, 0.3) is 11.6 Å². The molecule has 0 saturated carbocycles. The summed E-state index contributed by atoms with van der Waals surface area (Å²) >= 11 is 0. The first kappa shape index (κ1) is 13.5. The molecule has 0 aromatic heterocycles. The van der Waals surface area contributed by atoms with Crippen molar-refractivity contribution in [3.8, 4) is 0 Å². The number of nitro benzene ring substituents is 1. The van der Waals surface area contributed by atoms with Gasteiger partial charge in [0.2, 0.25) is 0 Å². The Kier molecular flexibility index (Phi) is 3.91. The molecular weight excluding hydrogens is 258 g/mol. The molecule has 2 aromatic rings. The molecule has 0 spiro atoms. The average Bonchev–Trinajstić information content (AvgIpc) is 2.45. The van der Waals surface area contributed by atoms with Crippen molar-refractivity contribution in [2.24, 2.45) is 0 Å². The number of rotatable bonds is 4. The molecule has 2 rings (SSSR count). The molecule has 0 unspecified atom stereocenters. The zero-order valence-corrected chi connectivity index (χ0v) is 10.4. The van der Waals surface area contributed by atoms with Crippen molar-refractivity contribution < 1.29 is 14.8 Å². The Hall–Kier alpha value is -2.95. The molecular formula is C15H11NO4. The molecule has 0 aliphatic carbocycles. The number of aliphatic carboxylic acids is 1. The monoisotopic (exact) mass is 269 g/mol. The maximum atomic E-state index is 11.3. The van der Waals surface area contributed by atoms with Crippen LogP contribution in [0.4, 0.5) is 5.69 Å². The summed E-state index contributed by atoms with van der Waals surface area (Å²) in [6, 6.07) is 14.5. The van der Waals surface area contributed by atoms with E-state index in [2.05, 4.69) is 0 Å². The van der Waals surface area contributed by atoms with Crippen molar-refractivity contribution in [3.63, 3.8) is 0 Å². The lowest BCUT2D eigenvalue weighted by molar-refractivity contribution is -0.384. The summed E-state index contributed by atoms with van der Waals surface area (Å²) in [5.41, 5.74) is 1.04. The van der Waals surface area contributed by atoms with E-state index < -0.39 is 10.9 Å². The number of benzene rings is 2. The van der Waals surface area contributed by atoms with Crippen molar-refractivity contribution in [2.75, 3.05) is 0 Å². The summed E-state index contributed by atoms with van der Waals surface area (Å²) in [6.07, 6.45) is 1.42. The molecule has 5 nitrogen and oxygen atoms in total. The molecule has 0 aliphatic rings. The van der Waals surface area contributed by atoms with Crippen LogP contribution in [0.3, 0.4) is 0 Å². The Morgan fingerprint density at radius 3 is 2.40 bits per heavy atom. The van der Waals surface area contributed by atoms with E-state index in [-0.39, 0.29) is 11.3 Å². The predicted octanol–water partition coefficient (Wildman–Crippen LogP) is 3.22. The van der Waals surface area contributed by atoms with Crippen LogP contribution in [-0.4, -0.2) is 16.0 Å². The van der Waals surface area contributed by atoms with Gasteiger partial charge in [0.25, 0.3) is 5.69 Å². The van der Waals surface area contributed by atoms with E-state index in [1.54, 1.807) is 36.4 Å². The lowest BCUT2D eigenvalue weighted by atomic mass is 10.0. The fourth-order valence-electron chi connectivity index (χ4n) is 1.78. The van der Waals surface area contributed by atoms with Crippen molar-refractivity contribution in [3.05, 3.63) is 75.8 Å². The summed E-state index contributed by atoms with van der Waals surface area (Å²) in [5.74, 6) is -1.08. The van der Waals surface area contributed by atoms with Gasteiger partial charge >= 0.3 is 5.97 Å². The Morgan fingerprint density at radius 2 is 1.80 bits per heavy atom. The Balaban J connectivity index is 2.47. The SMILES string of the molecule is O=C(O)/C(=C\c1cccc([N+](=O)[O-])c1)c1ccccc1. The van der Waals surface area contributed by atoms with Gasteiger partial charge in [0.15, 0.2) is 0 Å². The van der Waals surface area contributed by atoms with Gasteiger partial charge in [-0.3, -0.25) is 10.1 Å². The third-order valence-corrected chi connectivity index (χ3v) is 2.71. The molecule has 0 bridgehead atoms. The molecule has 0 amide bonds. The van der Waals surface area contributed by atoms with E-state index in [0.29, 0.717) is 11.1 Å². The second-order valence-electron chi connectivity index (χ2n) is 4.08. The van der Waals surface area contributed by atoms with E-state index in [1.807, 2.05) is 0 Å². The zero-order chi connectivity index (χ0) is 14.5. The van der Waals surface area contributed by atoms with Gasteiger partial charge in [-0.15, -0.1) is 0 Å². The molecule has 100 valence electrons. The third-order valence-electron chi connectivity index (χ3n) is 2.71. The smallest absolute Gasteiger partial charge is 0.336 e. The number of hydrogen-bond acceptors (Lipinski definition) is 3. The lowest BCUT2D eigenvalue weighted by Crippen LogP contribution is -1.99. The molecule has 20 heavy (non-hydrogen) atoms. The minimum Gasteiger partial charge on any atom is -0.478 e. The summed E-state index contributed by atoms with van der Waals surface area (Å²) in [6.45, 7) is 0. The number of carbonyl (C=O) groups is 1. The van der Waals surface area contributed by atoms with Crippen LogP contribution in [0.15, 0.2) is 54.6 Å². The Labute approximate surface area is 115 Å². The van der Waals surface area contributed by atoms with Gasteiger partial charge in [0.05, 0.1) is 10.5 Å². The van der Waals surface area contributed by atoms with Gasteiger partial charge < -0.3 is 5.11 Å². The minimum absolute atomic E-state index is 0.0726. The van der Waals surface area contributed by atoms with Gasteiger partial charge in [-0.2, -0.15) is 0 Å². The van der Waals surface area contributed by atoms with E-state index in [0.717, 1.165) is 0 Å². The van der Waals surface area contributed by atoms with Gasteiger partial charge in [-0.1, -0.05) is 42.5 Å². The molecule has 0 radical (unpaired) electrons.